The monoisotopic (exact) mass is 333 g/mol. The minimum absolute atomic E-state index is 0.0566. The van der Waals surface area contributed by atoms with Gasteiger partial charge in [0.2, 0.25) is 0 Å². The average Bonchev–Trinajstić information content (AvgIpc) is 2.61. The van der Waals surface area contributed by atoms with Crippen LogP contribution >= 0.6 is 11.6 Å². The maximum Gasteiger partial charge on any atom is 0.255 e. The zero-order chi connectivity index (χ0) is 16.5. The molecule has 0 aliphatic rings. The molecule has 2 aromatic rings. The van der Waals surface area contributed by atoms with Crippen LogP contribution in [0.1, 0.15) is 16.8 Å². The quantitative estimate of drug-likeness (QED) is 0.726. The van der Waals surface area contributed by atoms with Crippen molar-refractivity contribution in [1.82, 2.24) is 0 Å². The second kappa shape index (κ2) is 9.18. The van der Waals surface area contributed by atoms with Gasteiger partial charge in [0.15, 0.2) is 0 Å². The molecule has 0 saturated carbocycles. The summed E-state index contributed by atoms with van der Waals surface area (Å²) in [6.07, 6.45) is 0.701. The number of benzene rings is 2. The third-order valence-electron chi connectivity index (χ3n) is 3.42. The van der Waals surface area contributed by atoms with Crippen LogP contribution in [-0.4, -0.2) is 30.1 Å². The molecule has 1 atom stereocenters. The van der Waals surface area contributed by atoms with Gasteiger partial charge in [-0.3, -0.25) is 4.79 Å². The lowest BCUT2D eigenvalue weighted by Gasteiger charge is -2.12. The number of nitrogens with one attached hydrogen (secondary N) is 1. The smallest absolute Gasteiger partial charge is 0.255 e. The fourth-order valence-corrected chi connectivity index (χ4v) is 2.24. The average molecular weight is 334 g/mol. The molecular weight excluding hydrogens is 314 g/mol. The van der Waals surface area contributed by atoms with Gasteiger partial charge < -0.3 is 15.2 Å². The molecule has 0 aliphatic carbocycles. The second-order valence-electron chi connectivity index (χ2n) is 5.18. The Kier molecular flexibility index (Phi) is 6.91. The van der Waals surface area contributed by atoms with Crippen molar-refractivity contribution in [3.05, 3.63) is 60.2 Å². The molecule has 0 spiro atoms. The van der Waals surface area contributed by atoms with E-state index in [4.69, 9.17) is 21.4 Å². The molecule has 0 bridgehead atoms. The van der Waals surface area contributed by atoms with Crippen molar-refractivity contribution >= 4 is 23.2 Å². The van der Waals surface area contributed by atoms with Crippen LogP contribution in [0.5, 0.6) is 5.75 Å². The van der Waals surface area contributed by atoms with Crippen LogP contribution in [0.3, 0.4) is 0 Å². The van der Waals surface area contributed by atoms with Crippen molar-refractivity contribution in [2.75, 3.05) is 24.4 Å². The fourth-order valence-electron chi connectivity index (χ4n) is 1.99. The SMILES string of the molecule is O=C(Nc1ccc(OCCC(CO)CCl)cc1)c1ccccc1. The predicted molar refractivity (Wildman–Crippen MR) is 92.2 cm³/mol. The van der Waals surface area contributed by atoms with E-state index in [0.717, 1.165) is 0 Å². The Morgan fingerprint density at radius 2 is 1.83 bits per heavy atom. The summed E-state index contributed by atoms with van der Waals surface area (Å²) in [5, 5.41) is 11.9. The van der Waals surface area contributed by atoms with Crippen molar-refractivity contribution in [1.29, 1.82) is 0 Å². The van der Waals surface area contributed by atoms with Gasteiger partial charge in [0.05, 0.1) is 6.61 Å². The molecule has 122 valence electrons. The van der Waals surface area contributed by atoms with E-state index >= 15 is 0 Å². The highest BCUT2D eigenvalue weighted by Gasteiger charge is 2.07. The lowest BCUT2D eigenvalue weighted by atomic mass is 10.1. The third kappa shape index (κ3) is 5.58. The Hall–Kier alpha value is -2.04. The first-order chi connectivity index (χ1) is 11.2. The number of anilines is 1. The summed E-state index contributed by atoms with van der Waals surface area (Å²) in [6, 6.07) is 16.2. The summed E-state index contributed by atoms with van der Waals surface area (Å²) in [7, 11) is 0. The molecule has 0 aliphatic heterocycles. The number of alkyl halides is 1. The summed E-state index contributed by atoms with van der Waals surface area (Å²) >= 11 is 5.71. The van der Waals surface area contributed by atoms with Gasteiger partial charge in [-0.25, -0.2) is 0 Å². The van der Waals surface area contributed by atoms with Crippen molar-refractivity contribution in [2.24, 2.45) is 5.92 Å². The normalized spacial score (nSPS) is 11.7. The number of hydrogen-bond donors (Lipinski definition) is 2. The van der Waals surface area contributed by atoms with Gasteiger partial charge in [-0.05, 0) is 48.7 Å². The standard InChI is InChI=1S/C18H20ClNO3/c19-12-14(13-21)10-11-23-17-8-6-16(7-9-17)20-18(22)15-4-2-1-3-5-15/h1-9,14,21H,10-13H2,(H,20,22). The highest BCUT2D eigenvalue weighted by atomic mass is 35.5. The molecule has 2 aromatic carbocycles. The van der Waals surface area contributed by atoms with Crippen molar-refractivity contribution < 1.29 is 14.6 Å². The van der Waals surface area contributed by atoms with Crippen LogP contribution in [0, 0.1) is 5.92 Å². The highest BCUT2D eigenvalue weighted by molar-refractivity contribution is 6.18. The second-order valence-corrected chi connectivity index (χ2v) is 5.49. The molecule has 0 saturated heterocycles. The zero-order valence-electron chi connectivity index (χ0n) is 12.7. The first kappa shape index (κ1) is 17.3. The molecule has 5 heteroatoms. The molecule has 0 aromatic heterocycles. The number of halogens is 1. The Bertz CT molecular complexity index is 597. The molecule has 1 amide bonds. The molecule has 0 fully saturated rings. The van der Waals surface area contributed by atoms with Crippen molar-refractivity contribution in [2.45, 2.75) is 6.42 Å². The van der Waals surface area contributed by atoms with Crippen molar-refractivity contribution in [3.63, 3.8) is 0 Å². The summed E-state index contributed by atoms with van der Waals surface area (Å²) in [6.45, 7) is 0.560. The summed E-state index contributed by atoms with van der Waals surface area (Å²) in [5.74, 6) is 1.05. The van der Waals surface area contributed by atoms with Gasteiger partial charge in [-0.1, -0.05) is 18.2 Å². The maximum absolute atomic E-state index is 12.0. The molecule has 1 unspecified atom stereocenters. The minimum atomic E-state index is -0.146. The summed E-state index contributed by atoms with van der Waals surface area (Å²) in [4.78, 5) is 12.0. The van der Waals surface area contributed by atoms with Gasteiger partial charge >= 0.3 is 0 Å². The van der Waals surface area contributed by atoms with Crippen LogP contribution in [0.4, 0.5) is 5.69 Å². The van der Waals surface area contributed by atoms with Crippen LogP contribution in [0.25, 0.3) is 0 Å². The number of hydrogen-bond acceptors (Lipinski definition) is 3. The molecule has 23 heavy (non-hydrogen) atoms. The number of amides is 1. The lowest BCUT2D eigenvalue weighted by molar-refractivity contribution is 0.102. The van der Waals surface area contributed by atoms with E-state index < -0.39 is 0 Å². The molecule has 2 N–H and O–H groups in total. The van der Waals surface area contributed by atoms with E-state index in [0.29, 0.717) is 35.9 Å². The van der Waals surface area contributed by atoms with Crippen LogP contribution < -0.4 is 10.1 Å². The Morgan fingerprint density at radius 3 is 2.43 bits per heavy atom. The van der Waals surface area contributed by atoms with E-state index in [1.807, 2.05) is 18.2 Å². The summed E-state index contributed by atoms with van der Waals surface area (Å²) < 4.78 is 5.60. The van der Waals surface area contributed by atoms with Gasteiger partial charge in [0.25, 0.3) is 5.91 Å². The highest BCUT2D eigenvalue weighted by Crippen LogP contribution is 2.17. The summed E-state index contributed by atoms with van der Waals surface area (Å²) in [5.41, 5.74) is 1.32. The van der Waals surface area contributed by atoms with E-state index in [1.54, 1.807) is 36.4 Å². The topological polar surface area (TPSA) is 58.6 Å². The molecule has 2 rings (SSSR count). The van der Waals surface area contributed by atoms with E-state index in [1.165, 1.54) is 0 Å². The lowest BCUT2D eigenvalue weighted by Crippen LogP contribution is -2.13. The fraction of sp³-hybridized carbons (Fsp3) is 0.278. The first-order valence-electron chi connectivity index (χ1n) is 7.49. The van der Waals surface area contributed by atoms with E-state index in [-0.39, 0.29) is 18.4 Å². The number of carbonyl (C=O) groups is 1. The molecule has 0 heterocycles. The molecule has 4 nitrogen and oxygen atoms in total. The number of aliphatic hydroxyl groups excluding tert-OH is 1. The minimum Gasteiger partial charge on any atom is -0.494 e. The van der Waals surface area contributed by atoms with Gasteiger partial charge in [0.1, 0.15) is 5.75 Å². The van der Waals surface area contributed by atoms with Crippen LogP contribution in [-0.2, 0) is 0 Å². The number of carbonyl (C=O) groups excluding carboxylic acids is 1. The maximum atomic E-state index is 12.0. The van der Waals surface area contributed by atoms with Crippen LogP contribution in [0.15, 0.2) is 54.6 Å². The zero-order valence-corrected chi connectivity index (χ0v) is 13.5. The van der Waals surface area contributed by atoms with Crippen LogP contribution in [0.2, 0.25) is 0 Å². The van der Waals surface area contributed by atoms with Gasteiger partial charge in [-0.15, -0.1) is 11.6 Å². The first-order valence-corrected chi connectivity index (χ1v) is 8.02. The van der Waals surface area contributed by atoms with E-state index in [9.17, 15) is 4.79 Å². The predicted octanol–water partition coefficient (Wildman–Crippen LogP) is 3.56. The number of ether oxygens (including phenoxy) is 1. The number of aliphatic hydroxyl groups is 1. The largest absolute Gasteiger partial charge is 0.494 e. The molecular formula is C18H20ClNO3. The Labute approximate surface area is 141 Å². The Balaban J connectivity index is 1.84. The van der Waals surface area contributed by atoms with E-state index in [2.05, 4.69) is 5.32 Å². The number of rotatable bonds is 8. The third-order valence-corrected chi connectivity index (χ3v) is 3.86. The molecule has 0 radical (unpaired) electrons. The Morgan fingerprint density at radius 1 is 1.13 bits per heavy atom. The van der Waals surface area contributed by atoms with Gasteiger partial charge in [0, 0.05) is 23.7 Å². The van der Waals surface area contributed by atoms with Gasteiger partial charge in [-0.2, -0.15) is 0 Å². The van der Waals surface area contributed by atoms with Crippen molar-refractivity contribution in [3.8, 4) is 5.75 Å².